The van der Waals surface area contributed by atoms with E-state index in [4.69, 9.17) is 0 Å². The van der Waals surface area contributed by atoms with Gasteiger partial charge in [0.1, 0.15) is 4.90 Å². The zero-order valence-electron chi connectivity index (χ0n) is 12.2. The van der Waals surface area contributed by atoms with Crippen LogP contribution < -0.4 is 10.0 Å². The molecule has 0 fully saturated rings. The van der Waals surface area contributed by atoms with Crippen molar-refractivity contribution >= 4 is 22.4 Å². The molecule has 0 saturated carbocycles. The van der Waals surface area contributed by atoms with E-state index in [-0.39, 0.29) is 17.3 Å². The van der Waals surface area contributed by atoms with Gasteiger partial charge >= 0.3 is 0 Å². The van der Waals surface area contributed by atoms with Gasteiger partial charge in [0.15, 0.2) is 5.82 Å². The number of hydrogen-bond acceptors (Lipinski definition) is 5. The predicted molar refractivity (Wildman–Crippen MR) is 88.4 cm³/mol. The summed E-state index contributed by atoms with van der Waals surface area (Å²) in [5.74, 6) is 0.504. The molecular weight excluding hydrogens is 324 g/mol. The zero-order valence-corrected chi connectivity index (χ0v) is 13.8. The largest absolute Gasteiger partial charge is 0.320 e. The molecule has 1 aromatic heterocycles. The zero-order chi connectivity index (χ0) is 15.1. The van der Waals surface area contributed by atoms with Gasteiger partial charge in [-0.25, -0.2) is 23.1 Å². The lowest BCUT2D eigenvalue weighted by atomic mass is 10.2. The Bertz CT molecular complexity index is 663. The fourth-order valence-electron chi connectivity index (χ4n) is 1.75. The predicted octanol–water partition coefficient (Wildman–Crippen LogP) is 1.45. The first-order valence-corrected chi connectivity index (χ1v) is 8.13. The molecule has 0 aliphatic heterocycles. The Morgan fingerprint density at radius 2 is 1.68 bits per heavy atom. The second-order valence-corrected chi connectivity index (χ2v) is 6.23. The number of hydrogen-bond donors (Lipinski definition) is 2. The normalized spacial score (nSPS) is 11.0. The van der Waals surface area contributed by atoms with Crippen molar-refractivity contribution in [1.29, 1.82) is 0 Å². The molecule has 0 radical (unpaired) electrons. The molecule has 6 nitrogen and oxygen atoms in total. The number of halogens is 1. The highest BCUT2D eigenvalue weighted by Crippen LogP contribution is 2.14. The number of rotatable bonds is 7. The van der Waals surface area contributed by atoms with Crippen LogP contribution in [0.5, 0.6) is 0 Å². The molecule has 22 heavy (non-hydrogen) atoms. The first kappa shape index (κ1) is 18.5. The summed E-state index contributed by atoms with van der Waals surface area (Å²) in [7, 11) is -1.72. The SMILES string of the molecule is CNCCCNS(=O)(=O)c1cnc(-c2ccccc2)nc1.Cl. The molecule has 0 saturated heterocycles. The van der Waals surface area contributed by atoms with Crippen LogP contribution in [0.2, 0.25) is 0 Å². The Balaban J connectivity index is 0.00000242. The summed E-state index contributed by atoms with van der Waals surface area (Å²) in [6.45, 7) is 1.13. The van der Waals surface area contributed by atoms with Gasteiger partial charge in [0.05, 0.1) is 12.4 Å². The number of nitrogens with zero attached hydrogens (tertiary/aromatic N) is 2. The van der Waals surface area contributed by atoms with Gasteiger partial charge in [0, 0.05) is 12.1 Å². The number of aromatic nitrogens is 2. The first-order valence-electron chi connectivity index (χ1n) is 6.65. The lowest BCUT2D eigenvalue weighted by Crippen LogP contribution is -2.27. The van der Waals surface area contributed by atoms with Gasteiger partial charge in [-0.05, 0) is 20.0 Å². The topological polar surface area (TPSA) is 84.0 Å². The highest BCUT2D eigenvalue weighted by molar-refractivity contribution is 7.89. The molecule has 0 bridgehead atoms. The third-order valence-corrected chi connectivity index (χ3v) is 4.28. The van der Waals surface area contributed by atoms with E-state index in [2.05, 4.69) is 20.0 Å². The number of benzene rings is 1. The van der Waals surface area contributed by atoms with Gasteiger partial charge in [-0.1, -0.05) is 30.3 Å². The van der Waals surface area contributed by atoms with Crippen LogP contribution in [0, 0.1) is 0 Å². The van der Waals surface area contributed by atoms with Crippen LogP contribution in [0.3, 0.4) is 0 Å². The summed E-state index contributed by atoms with van der Waals surface area (Å²) in [4.78, 5) is 8.31. The Labute approximate surface area is 136 Å². The molecule has 2 aromatic rings. The van der Waals surface area contributed by atoms with Crippen LogP contribution in [0.1, 0.15) is 6.42 Å². The van der Waals surface area contributed by atoms with Crippen molar-refractivity contribution in [1.82, 2.24) is 20.0 Å². The molecule has 1 aromatic carbocycles. The van der Waals surface area contributed by atoms with Crippen molar-refractivity contribution in [2.24, 2.45) is 0 Å². The van der Waals surface area contributed by atoms with Crippen LogP contribution in [0.15, 0.2) is 47.6 Å². The van der Waals surface area contributed by atoms with Gasteiger partial charge in [-0.3, -0.25) is 0 Å². The quantitative estimate of drug-likeness (QED) is 0.744. The molecule has 0 amide bonds. The number of sulfonamides is 1. The van der Waals surface area contributed by atoms with Crippen LogP contribution in [-0.4, -0.2) is 38.5 Å². The minimum Gasteiger partial charge on any atom is -0.320 e. The van der Waals surface area contributed by atoms with Crippen molar-refractivity contribution in [3.63, 3.8) is 0 Å². The molecule has 0 unspecified atom stereocenters. The summed E-state index contributed by atoms with van der Waals surface area (Å²) < 4.78 is 26.6. The lowest BCUT2D eigenvalue weighted by molar-refractivity contribution is 0.576. The Morgan fingerprint density at radius 3 is 2.27 bits per heavy atom. The molecule has 2 rings (SSSR count). The maximum atomic E-state index is 12.0. The monoisotopic (exact) mass is 342 g/mol. The van der Waals surface area contributed by atoms with Gasteiger partial charge in [-0.15, -0.1) is 12.4 Å². The third kappa shape index (κ3) is 5.03. The van der Waals surface area contributed by atoms with Gasteiger partial charge in [0.2, 0.25) is 10.0 Å². The fraction of sp³-hybridized carbons (Fsp3) is 0.286. The van der Waals surface area contributed by atoms with E-state index in [1.54, 1.807) is 0 Å². The minimum atomic E-state index is -3.54. The van der Waals surface area contributed by atoms with E-state index in [9.17, 15) is 8.42 Å². The van der Waals surface area contributed by atoms with Crippen molar-refractivity contribution in [3.8, 4) is 11.4 Å². The smallest absolute Gasteiger partial charge is 0.243 e. The van der Waals surface area contributed by atoms with E-state index in [1.807, 2.05) is 37.4 Å². The minimum absolute atomic E-state index is 0. The fourth-order valence-corrected chi connectivity index (χ4v) is 2.71. The van der Waals surface area contributed by atoms with Crippen molar-refractivity contribution in [3.05, 3.63) is 42.7 Å². The Morgan fingerprint density at radius 1 is 1.05 bits per heavy atom. The summed E-state index contributed by atoms with van der Waals surface area (Å²) in [6, 6.07) is 9.41. The summed E-state index contributed by atoms with van der Waals surface area (Å²) >= 11 is 0. The van der Waals surface area contributed by atoms with E-state index in [0.29, 0.717) is 12.4 Å². The molecular formula is C14H19ClN4O2S. The maximum Gasteiger partial charge on any atom is 0.243 e. The van der Waals surface area contributed by atoms with Crippen molar-refractivity contribution in [2.75, 3.05) is 20.1 Å². The molecule has 8 heteroatoms. The first-order chi connectivity index (χ1) is 10.1. The highest BCUT2D eigenvalue weighted by atomic mass is 35.5. The van der Waals surface area contributed by atoms with Crippen molar-refractivity contribution < 1.29 is 8.42 Å². The second-order valence-electron chi connectivity index (χ2n) is 4.46. The van der Waals surface area contributed by atoms with E-state index < -0.39 is 10.0 Å². The van der Waals surface area contributed by atoms with Crippen molar-refractivity contribution in [2.45, 2.75) is 11.3 Å². The summed E-state index contributed by atoms with van der Waals surface area (Å²) in [5.41, 5.74) is 0.850. The lowest BCUT2D eigenvalue weighted by Gasteiger charge is -2.06. The van der Waals surface area contributed by atoms with E-state index in [1.165, 1.54) is 12.4 Å². The molecule has 0 spiro atoms. The average molecular weight is 343 g/mol. The van der Waals surface area contributed by atoms with Gasteiger partial charge in [-0.2, -0.15) is 0 Å². The van der Waals surface area contributed by atoms with Gasteiger partial charge in [0.25, 0.3) is 0 Å². The summed E-state index contributed by atoms with van der Waals surface area (Å²) in [5, 5.41) is 2.96. The summed E-state index contributed by atoms with van der Waals surface area (Å²) in [6.07, 6.45) is 3.38. The molecule has 0 atom stereocenters. The molecule has 120 valence electrons. The van der Waals surface area contributed by atoms with Crippen LogP contribution in [0.4, 0.5) is 0 Å². The average Bonchev–Trinajstić information content (AvgIpc) is 2.53. The van der Waals surface area contributed by atoms with E-state index in [0.717, 1.165) is 18.5 Å². The number of nitrogens with one attached hydrogen (secondary N) is 2. The van der Waals surface area contributed by atoms with Crippen LogP contribution >= 0.6 is 12.4 Å². The molecule has 0 aliphatic carbocycles. The standard InChI is InChI=1S/C14H18N4O2S.ClH/c1-15-8-5-9-18-21(19,20)13-10-16-14(17-11-13)12-6-3-2-4-7-12;/h2-4,6-7,10-11,15,18H,5,8-9H2,1H3;1H. The molecule has 0 aliphatic rings. The third-order valence-electron chi connectivity index (χ3n) is 2.87. The highest BCUT2D eigenvalue weighted by Gasteiger charge is 2.14. The Kier molecular flexibility index (Phi) is 7.40. The van der Waals surface area contributed by atoms with E-state index >= 15 is 0 Å². The maximum absolute atomic E-state index is 12.0. The van der Waals surface area contributed by atoms with Crippen LogP contribution in [0.25, 0.3) is 11.4 Å². The molecule has 2 N–H and O–H groups in total. The van der Waals surface area contributed by atoms with Gasteiger partial charge < -0.3 is 5.32 Å². The molecule has 1 heterocycles. The second kappa shape index (κ2) is 8.79. The van der Waals surface area contributed by atoms with Crippen LogP contribution in [-0.2, 0) is 10.0 Å². The Hall–Kier alpha value is -1.54.